The van der Waals surface area contributed by atoms with Crippen molar-refractivity contribution in [3.63, 3.8) is 0 Å². The molecule has 0 aromatic heterocycles. The summed E-state index contributed by atoms with van der Waals surface area (Å²) in [6.45, 7) is 3.63. The highest BCUT2D eigenvalue weighted by molar-refractivity contribution is 5.78. The van der Waals surface area contributed by atoms with Gasteiger partial charge in [-0.15, -0.1) is 0 Å². The van der Waals surface area contributed by atoms with E-state index in [0.29, 0.717) is 32.5 Å². The van der Waals surface area contributed by atoms with Crippen molar-refractivity contribution in [3.05, 3.63) is 0 Å². The van der Waals surface area contributed by atoms with Gasteiger partial charge in [-0.2, -0.15) is 0 Å². The molecule has 104 valence electrons. The molecule has 1 fully saturated rings. The molecule has 6 heteroatoms. The topological polar surface area (TPSA) is 78.9 Å². The average molecular weight is 258 g/mol. The summed E-state index contributed by atoms with van der Waals surface area (Å²) in [7, 11) is 1.83. The average Bonchev–Trinajstić information content (AvgIpc) is 2.36. The standard InChI is InChI=1S/C12H22N2O4/c1-9(7-13-2)12(17)14-5-3-10(4-6-14)18-8-11(15)16/h9-10,13H,3-8H2,1-2H3,(H,15,16). The van der Waals surface area contributed by atoms with Gasteiger partial charge in [0.15, 0.2) is 0 Å². The number of amides is 1. The van der Waals surface area contributed by atoms with Gasteiger partial charge in [0, 0.05) is 25.6 Å². The van der Waals surface area contributed by atoms with Crippen LogP contribution in [0.4, 0.5) is 0 Å². The van der Waals surface area contributed by atoms with E-state index in [9.17, 15) is 9.59 Å². The minimum atomic E-state index is -0.948. The summed E-state index contributed by atoms with van der Waals surface area (Å²) in [6, 6.07) is 0. The lowest BCUT2D eigenvalue weighted by Gasteiger charge is -2.33. The lowest BCUT2D eigenvalue weighted by molar-refractivity contribution is -0.147. The van der Waals surface area contributed by atoms with Crippen LogP contribution in [0.15, 0.2) is 0 Å². The maximum absolute atomic E-state index is 12.0. The smallest absolute Gasteiger partial charge is 0.329 e. The molecule has 1 aliphatic rings. The zero-order valence-electron chi connectivity index (χ0n) is 11.0. The van der Waals surface area contributed by atoms with Gasteiger partial charge in [0.25, 0.3) is 0 Å². The highest BCUT2D eigenvalue weighted by Gasteiger charge is 2.26. The molecule has 0 saturated carbocycles. The van der Waals surface area contributed by atoms with Crippen molar-refractivity contribution in [2.45, 2.75) is 25.9 Å². The first-order valence-electron chi connectivity index (χ1n) is 6.31. The van der Waals surface area contributed by atoms with E-state index in [0.717, 1.165) is 0 Å². The van der Waals surface area contributed by atoms with Gasteiger partial charge in [0.2, 0.25) is 5.91 Å². The van der Waals surface area contributed by atoms with Crippen LogP contribution in [0.5, 0.6) is 0 Å². The van der Waals surface area contributed by atoms with Crippen LogP contribution in [0.2, 0.25) is 0 Å². The highest BCUT2D eigenvalue weighted by atomic mass is 16.5. The van der Waals surface area contributed by atoms with E-state index < -0.39 is 5.97 Å². The molecule has 2 N–H and O–H groups in total. The number of ether oxygens (including phenoxy) is 1. The van der Waals surface area contributed by atoms with Crippen molar-refractivity contribution in [1.29, 1.82) is 0 Å². The Hall–Kier alpha value is -1.14. The van der Waals surface area contributed by atoms with Gasteiger partial charge in [-0.25, -0.2) is 4.79 Å². The maximum Gasteiger partial charge on any atom is 0.329 e. The lowest BCUT2D eigenvalue weighted by Crippen LogP contribution is -2.45. The van der Waals surface area contributed by atoms with Gasteiger partial charge in [-0.1, -0.05) is 6.92 Å². The molecule has 6 nitrogen and oxygen atoms in total. The number of carbonyl (C=O) groups is 2. The minimum absolute atomic E-state index is 0.0218. The molecule has 0 radical (unpaired) electrons. The van der Waals surface area contributed by atoms with E-state index in [1.807, 2.05) is 18.9 Å². The number of piperidine rings is 1. The van der Waals surface area contributed by atoms with Gasteiger partial charge < -0.3 is 20.1 Å². The molecule has 0 aromatic rings. The van der Waals surface area contributed by atoms with Crippen LogP contribution >= 0.6 is 0 Å². The number of carbonyl (C=O) groups excluding carboxylic acids is 1. The summed E-state index contributed by atoms with van der Waals surface area (Å²) in [4.78, 5) is 24.2. The van der Waals surface area contributed by atoms with Crippen molar-refractivity contribution in [2.24, 2.45) is 5.92 Å². The zero-order chi connectivity index (χ0) is 13.5. The first kappa shape index (κ1) is 14.9. The van der Waals surface area contributed by atoms with Crippen molar-refractivity contribution in [1.82, 2.24) is 10.2 Å². The summed E-state index contributed by atoms with van der Waals surface area (Å²) in [6.07, 6.45) is 1.39. The number of aliphatic carboxylic acids is 1. The predicted molar refractivity (Wildman–Crippen MR) is 66.3 cm³/mol. The zero-order valence-corrected chi connectivity index (χ0v) is 11.0. The Labute approximate surface area is 107 Å². The molecular weight excluding hydrogens is 236 g/mol. The van der Waals surface area contributed by atoms with Gasteiger partial charge in [0.1, 0.15) is 6.61 Å². The summed E-state index contributed by atoms with van der Waals surface area (Å²) < 4.78 is 5.23. The third-order valence-electron chi connectivity index (χ3n) is 3.13. The molecule has 1 rings (SSSR count). The van der Waals surface area contributed by atoms with E-state index in [-0.39, 0.29) is 24.5 Å². The second-order valence-electron chi connectivity index (χ2n) is 4.69. The monoisotopic (exact) mass is 258 g/mol. The van der Waals surface area contributed by atoms with Gasteiger partial charge >= 0.3 is 5.97 Å². The molecule has 1 amide bonds. The largest absolute Gasteiger partial charge is 0.480 e. The molecule has 1 unspecified atom stereocenters. The number of nitrogens with one attached hydrogen (secondary N) is 1. The third kappa shape index (κ3) is 4.62. The molecule has 0 spiro atoms. The second kappa shape index (κ2) is 7.33. The Bertz CT molecular complexity index is 288. The fourth-order valence-corrected chi connectivity index (χ4v) is 2.14. The van der Waals surface area contributed by atoms with Crippen LogP contribution in [-0.2, 0) is 14.3 Å². The fraction of sp³-hybridized carbons (Fsp3) is 0.833. The van der Waals surface area contributed by atoms with Crippen molar-refractivity contribution >= 4 is 11.9 Å². The lowest BCUT2D eigenvalue weighted by atomic mass is 10.0. The number of carboxylic acid groups (broad SMARTS) is 1. The second-order valence-corrected chi connectivity index (χ2v) is 4.69. The Kier molecular flexibility index (Phi) is 6.07. The predicted octanol–water partition coefficient (Wildman–Crippen LogP) is -0.0659. The third-order valence-corrected chi connectivity index (χ3v) is 3.13. The molecular formula is C12H22N2O4. The van der Waals surface area contributed by atoms with Crippen LogP contribution < -0.4 is 5.32 Å². The Morgan fingerprint density at radius 3 is 2.56 bits per heavy atom. The Balaban J connectivity index is 2.30. The van der Waals surface area contributed by atoms with Crippen molar-refractivity contribution in [3.8, 4) is 0 Å². The Morgan fingerprint density at radius 1 is 1.44 bits per heavy atom. The van der Waals surface area contributed by atoms with Gasteiger partial charge in [-0.05, 0) is 19.9 Å². The summed E-state index contributed by atoms with van der Waals surface area (Å²) in [5, 5.41) is 11.5. The van der Waals surface area contributed by atoms with E-state index in [1.165, 1.54) is 0 Å². The highest BCUT2D eigenvalue weighted by Crippen LogP contribution is 2.15. The summed E-state index contributed by atoms with van der Waals surface area (Å²) in [5.74, 6) is -0.816. The minimum Gasteiger partial charge on any atom is -0.480 e. The molecule has 0 bridgehead atoms. The van der Waals surface area contributed by atoms with Crippen molar-refractivity contribution in [2.75, 3.05) is 33.3 Å². The fourth-order valence-electron chi connectivity index (χ4n) is 2.14. The molecule has 0 aromatic carbocycles. The molecule has 18 heavy (non-hydrogen) atoms. The van der Waals surface area contributed by atoms with Crippen LogP contribution in [-0.4, -0.2) is 61.3 Å². The maximum atomic E-state index is 12.0. The quantitative estimate of drug-likeness (QED) is 0.697. The number of nitrogens with zero attached hydrogens (tertiary/aromatic N) is 1. The van der Waals surface area contributed by atoms with E-state index >= 15 is 0 Å². The molecule has 0 aliphatic carbocycles. The summed E-state index contributed by atoms with van der Waals surface area (Å²) in [5.41, 5.74) is 0. The first-order chi connectivity index (χ1) is 8.54. The number of likely N-dealkylation sites (tertiary alicyclic amines) is 1. The molecule has 1 saturated heterocycles. The SMILES string of the molecule is CNCC(C)C(=O)N1CCC(OCC(=O)O)CC1. The van der Waals surface area contributed by atoms with E-state index in [1.54, 1.807) is 0 Å². The van der Waals surface area contributed by atoms with Gasteiger partial charge in [0.05, 0.1) is 6.10 Å². The van der Waals surface area contributed by atoms with Crippen LogP contribution in [0, 0.1) is 5.92 Å². The number of hydrogen-bond donors (Lipinski definition) is 2. The van der Waals surface area contributed by atoms with Crippen molar-refractivity contribution < 1.29 is 19.4 Å². The van der Waals surface area contributed by atoms with Crippen LogP contribution in [0.25, 0.3) is 0 Å². The van der Waals surface area contributed by atoms with Crippen LogP contribution in [0.3, 0.4) is 0 Å². The number of rotatable bonds is 6. The molecule has 1 aliphatic heterocycles. The normalized spacial score (nSPS) is 18.7. The van der Waals surface area contributed by atoms with E-state index in [2.05, 4.69) is 5.32 Å². The molecule has 1 atom stereocenters. The number of carboxylic acids is 1. The summed E-state index contributed by atoms with van der Waals surface area (Å²) >= 11 is 0. The van der Waals surface area contributed by atoms with Crippen LogP contribution in [0.1, 0.15) is 19.8 Å². The molecule has 1 heterocycles. The number of hydrogen-bond acceptors (Lipinski definition) is 4. The van der Waals surface area contributed by atoms with E-state index in [4.69, 9.17) is 9.84 Å². The first-order valence-corrected chi connectivity index (χ1v) is 6.31. The Morgan fingerprint density at radius 2 is 2.06 bits per heavy atom. The van der Waals surface area contributed by atoms with Gasteiger partial charge in [-0.3, -0.25) is 4.79 Å².